The van der Waals surface area contributed by atoms with Crippen LogP contribution < -0.4 is 0 Å². The first kappa shape index (κ1) is 42.7. The second kappa shape index (κ2) is 20.5. The Bertz CT molecular complexity index is 916. The van der Waals surface area contributed by atoms with Crippen LogP contribution in [-0.4, -0.2) is 81.3 Å². The molecule has 2 rings (SSSR count). The van der Waals surface area contributed by atoms with Crippen LogP contribution in [0.25, 0.3) is 0 Å². The Labute approximate surface area is 263 Å². The van der Waals surface area contributed by atoms with Gasteiger partial charge in [0.1, 0.15) is 0 Å². The molecule has 1 aliphatic rings. The number of piperidine rings is 1. The molecule has 1 fully saturated rings. The molecule has 0 aromatic heterocycles. The van der Waals surface area contributed by atoms with E-state index < -0.39 is 0 Å². The van der Waals surface area contributed by atoms with Crippen molar-refractivity contribution in [3.8, 4) is 0 Å². The Hall–Kier alpha value is -2.45. The van der Waals surface area contributed by atoms with Crippen molar-refractivity contribution in [3.63, 3.8) is 0 Å². The molecule has 0 unspecified atom stereocenters. The maximum Gasteiger partial charge on any atom is 0.338 e. The molecule has 0 spiro atoms. The van der Waals surface area contributed by atoms with Gasteiger partial charge in [-0.2, -0.15) is 0 Å². The maximum atomic E-state index is 12.0. The normalized spacial score (nSPS) is 13.8. The van der Waals surface area contributed by atoms with Crippen molar-refractivity contribution in [1.82, 2.24) is 9.80 Å². The fourth-order valence-electron chi connectivity index (χ4n) is 3.41. The van der Waals surface area contributed by atoms with Crippen LogP contribution in [0.4, 0.5) is 0 Å². The Kier molecular flexibility index (Phi) is 20.3. The van der Waals surface area contributed by atoms with Gasteiger partial charge in [-0.1, -0.05) is 88.3 Å². The number of carbonyl (C=O) groups excluding carboxylic acids is 3. The van der Waals surface area contributed by atoms with E-state index in [1.807, 2.05) is 79.9 Å². The fraction of sp³-hybridized carbons (Fsp3) is 0.743. The van der Waals surface area contributed by atoms with E-state index >= 15 is 0 Å². The first-order valence-electron chi connectivity index (χ1n) is 15.1. The summed E-state index contributed by atoms with van der Waals surface area (Å²) in [4.78, 5) is 37.5. The quantitative estimate of drug-likeness (QED) is 0.225. The van der Waals surface area contributed by atoms with Gasteiger partial charge in [0.05, 0.1) is 31.9 Å². The molecule has 0 bridgehead atoms. The molecule has 0 amide bonds. The van der Waals surface area contributed by atoms with E-state index in [9.17, 15) is 14.4 Å². The van der Waals surface area contributed by atoms with Crippen LogP contribution in [0.1, 0.15) is 112 Å². The minimum atomic E-state index is -0.227. The standard InChI is InChI=1S/C18H27NO2.C9H19NO2.C7H14O2.CH4/c1-18(2,3)14-21-17(20)16-9-7-15(8-10-16)13-19-11-5-4-6-12-19;1-9(2,3)7-12-8(11)6-10(4)5;1-6(8)9-5-7(2,3)4;/h7-10H,4-6,11-14H2,1-3H3;6-7H2,1-5H3;5H2,1-4H3;1H4. The summed E-state index contributed by atoms with van der Waals surface area (Å²) in [5, 5.41) is 0. The number of likely N-dealkylation sites (tertiary alicyclic amines) is 1. The minimum Gasteiger partial charge on any atom is -0.465 e. The third-order valence-corrected chi connectivity index (χ3v) is 5.50. The van der Waals surface area contributed by atoms with E-state index in [4.69, 9.17) is 14.2 Å². The van der Waals surface area contributed by atoms with Crippen molar-refractivity contribution in [2.45, 2.75) is 102 Å². The monoisotopic (exact) mass is 608 g/mol. The summed E-state index contributed by atoms with van der Waals surface area (Å²) in [6.07, 6.45) is 3.96. The molecular weight excluding hydrogens is 544 g/mol. The van der Waals surface area contributed by atoms with Gasteiger partial charge in [-0.05, 0) is 74.0 Å². The summed E-state index contributed by atoms with van der Waals surface area (Å²) < 4.78 is 15.1. The highest BCUT2D eigenvalue weighted by atomic mass is 16.5. The first-order valence-corrected chi connectivity index (χ1v) is 15.1. The molecule has 1 aliphatic heterocycles. The van der Waals surface area contributed by atoms with Gasteiger partial charge in [-0.15, -0.1) is 0 Å². The molecule has 43 heavy (non-hydrogen) atoms. The van der Waals surface area contributed by atoms with Crippen molar-refractivity contribution in [2.75, 3.05) is 53.6 Å². The highest BCUT2D eigenvalue weighted by Crippen LogP contribution is 2.17. The van der Waals surface area contributed by atoms with Crippen LogP contribution in [-0.2, 0) is 30.3 Å². The average Bonchev–Trinajstić information content (AvgIpc) is 2.85. The van der Waals surface area contributed by atoms with Crippen LogP contribution >= 0.6 is 0 Å². The fourth-order valence-corrected chi connectivity index (χ4v) is 3.41. The van der Waals surface area contributed by atoms with E-state index in [-0.39, 0.29) is 41.6 Å². The summed E-state index contributed by atoms with van der Waals surface area (Å²) in [7, 11) is 3.69. The molecule has 1 aromatic rings. The maximum absolute atomic E-state index is 12.0. The molecule has 8 nitrogen and oxygen atoms in total. The molecular formula is C35H64N2O6. The number of benzene rings is 1. The summed E-state index contributed by atoms with van der Waals surface area (Å²) in [5.74, 6) is -0.589. The van der Waals surface area contributed by atoms with E-state index in [0.29, 0.717) is 31.9 Å². The third-order valence-electron chi connectivity index (χ3n) is 5.50. The number of hydrogen-bond donors (Lipinski definition) is 0. The second-order valence-corrected chi connectivity index (χ2v) is 15.0. The van der Waals surface area contributed by atoms with Gasteiger partial charge in [0.25, 0.3) is 0 Å². The number of hydrogen-bond acceptors (Lipinski definition) is 8. The molecule has 1 aromatic carbocycles. The Balaban J connectivity index is 0. The number of nitrogens with zero attached hydrogens (tertiary/aromatic N) is 2. The minimum absolute atomic E-state index is 0. The molecule has 0 N–H and O–H groups in total. The predicted molar refractivity (Wildman–Crippen MR) is 177 cm³/mol. The summed E-state index contributed by atoms with van der Waals surface area (Å²) >= 11 is 0. The Morgan fingerprint density at radius 2 is 1.16 bits per heavy atom. The average molecular weight is 609 g/mol. The lowest BCUT2D eigenvalue weighted by molar-refractivity contribution is -0.147. The number of likely N-dealkylation sites (N-methyl/N-ethyl adjacent to an activating group) is 1. The van der Waals surface area contributed by atoms with Gasteiger partial charge < -0.3 is 14.2 Å². The van der Waals surface area contributed by atoms with Crippen molar-refractivity contribution in [3.05, 3.63) is 35.4 Å². The molecule has 0 radical (unpaired) electrons. The van der Waals surface area contributed by atoms with E-state index in [1.165, 1.54) is 44.8 Å². The third kappa shape index (κ3) is 26.9. The lowest BCUT2D eigenvalue weighted by atomic mass is 9.99. The number of rotatable bonds is 8. The van der Waals surface area contributed by atoms with Gasteiger partial charge >= 0.3 is 17.9 Å². The van der Waals surface area contributed by atoms with Crippen molar-refractivity contribution in [2.24, 2.45) is 16.2 Å². The summed E-state index contributed by atoms with van der Waals surface area (Å²) in [5.41, 5.74) is 2.06. The van der Waals surface area contributed by atoms with Crippen LogP contribution in [0.5, 0.6) is 0 Å². The molecule has 250 valence electrons. The lowest BCUT2D eigenvalue weighted by Crippen LogP contribution is -2.29. The van der Waals surface area contributed by atoms with Gasteiger partial charge in [0.2, 0.25) is 0 Å². The van der Waals surface area contributed by atoms with Crippen molar-refractivity contribution < 1.29 is 28.6 Å². The van der Waals surface area contributed by atoms with E-state index in [1.54, 1.807) is 4.90 Å². The van der Waals surface area contributed by atoms with E-state index in [0.717, 1.165) is 6.54 Å². The van der Waals surface area contributed by atoms with Crippen LogP contribution in [0.3, 0.4) is 0 Å². The zero-order valence-corrected chi connectivity index (χ0v) is 28.7. The van der Waals surface area contributed by atoms with Gasteiger partial charge in [-0.25, -0.2) is 4.79 Å². The Morgan fingerprint density at radius 1 is 0.721 bits per heavy atom. The van der Waals surface area contributed by atoms with Crippen LogP contribution in [0, 0.1) is 16.2 Å². The second-order valence-electron chi connectivity index (χ2n) is 15.0. The van der Waals surface area contributed by atoms with Crippen LogP contribution in [0.15, 0.2) is 24.3 Å². The first-order chi connectivity index (χ1) is 19.2. The Morgan fingerprint density at radius 3 is 1.56 bits per heavy atom. The number of ether oxygens (including phenoxy) is 3. The molecule has 1 saturated heterocycles. The SMILES string of the molecule is C.CC(=O)OCC(C)(C)C.CC(C)(C)COC(=O)c1ccc(CN2CCCCC2)cc1.CN(C)CC(=O)OCC(C)(C)C. The molecule has 1 heterocycles. The zero-order chi connectivity index (χ0) is 32.6. The van der Waals surface area contributed by atoms with Crippen molar-refractivity contribution >= 4 is 17.9 Å². The largest absolute Gasteiger partial charge is 0.465 e. The molecule has 0 saturated carbocycles. The molecule has 0 atom stereocenters. The summed E-state index contributed by atoms with van der Waals surface area (Å²) in [6.45, 7) is 24.9. The summed E-state index contributed by atoms with van der Waals surface area (Å²) in [6, 6.07) is 7.85. The van der Waals surface area contributed by atoms with Crippen LogP contribution in [0.2, 0.25) is 0 Å². The molecule has 8 heteroatoms. The topological polar surface area (TPSA) is 85.4 Å². The molecule has 0 aliphatic carbocycles. The van der Waals surface area contributed by atoms with Gasteiger partial charge in [0.15, 0.2) is 0 Å². The van der Waals surface area contributed by atoms with Gasteiger partial charge in [-0.3, -0.25) is 19.4 Å². The van der Waals surface area contributed by atoms with E-state index in [2.05, 4.69) is 25.7 Å². The van der Waals surface area contributed by atoms with Crippen molar-refractivity contribution in [1.29, 1.82) is 0 Å². The zero-order valence-electron chi connectivity index (χ0n) is 28.7. The number of esters is 3. The lowest BCUT2D eigenvalue weighted by Gasteiger charge is -2.26. The highest BCUT2D eigenvalue weighted by molar-refractivity contribution is 5.89. The number of carbonyl (C=O) groups is 3. The smallest absolute Gasteiger partial charge is 0.338 e. The highest BCUT2D eigenvalue weighted by Gasteiger charge is 2.16. The predicted octanol–water partition coefficient (Wildman–Crippen LogP) is 7.24. The van der Waals surface area contributed by atoms with Gasteiger partial charge in [0, 0.05) is 13.5 Å².